The highest BCUT2D eigenvalue weighted by molar-refractivity contribution is 7.80. The molecule has 0 aromatic carbocycles. The second kappa shape index (κ2) is 3.06. The van der Waals surface area contributed by atoms with Crippen molar-refractivity contribution in [3.05, 3.63) is 5.69 Å². The maximum absolute atomic E-state index is 10.5. The Bertz CT molecular complexity index is 321. The van der Waals surface area contributed by atoms with E-state index in [1.807, 2.05) is 6.92 Å². The average molecular weight is 187 g/mol. The smallest absolute Gasteiger partial charge is 0.358 e. The molecule has 0 bridgehead atoms. The summed E-state index contributed by atoms with van der Waals surface area (Å²) in [5, 5.41) is 8.94. The van der Waals surface area contributed by atoms with E-state index < -0.39 is 5.97 Å². The van der Waals surface area contributed by atoms with E-state index >= 15 is 0 Å². The van der Waals surface area contributed by atoms with Crippen LogP contribution in [-0.2, 0) is 6.54 Å². The highest BCUT2D eigenvalue weighted by Gasteiger charge is 2.16. The van der Waals surface area contributed by atoms with Gasteiger partial charge in [-0.05, 0) is 6.92 Å². The van der Waals surface area contributed by atoms with Crippen LogP contribution in [0.3, 0.4) is 0 Å². The first-order chi connectivity index (χ1) is 5.57. The van der Waals surface area contributed by atoms with Crippen molar-refractivity contribution < 1.29 is 9.90 Å². The molecule has 1 rings (SSSR count). The summed E-state index contributed by atoms with van der Waals surface area (Å²) in [6.45, 7) is 2.40. The standard InChI is InChI=1S/C6H9N3O2S/c1-2-9-4(7)3(5(10)11)8-6(9)12/h2,7H2,1H3,(H,8,12)(H,10,11). The van der Waals surface area contributed by atoms with E-state index in [1.165, 1.54) is 4.57 Å². The van der Waals surface area contributed by atoms with Gasteiger partial charge in [0.2, 0.25) is 0 Å². The van der Waals surface area contributed by atoms with Crippen molar-refractivity contribution in [2.45, 2.75) is 18.6 Å². The van der Waals surface area contributed by atoms with Crippen LogP contribution in [-0.4, -0.2) is 20.6 Å². The predicted octanol–water partition coefficient (Wildman–Crippen LogP) is 0.472. The predicted molar refractivity (Wildman–Crippen MR) is 46.5 cm³/mol. The lowest BCUT2D eigenvalue weighted by Gasteiger charge is -2.00. The third-order valence-corrected chi connectivity index (χ3v) is 1.85. The molecule has 0 fully saturated rings. The van der Waals surface area contributed by atoms with Crippen LogP contribution in [0.25, 0.3) is 0 Å². The molecule has 66 valence electrons. The quantitative estimate of drug-likeness (QED) is 0.588. The second-order valence-electron chi connectivity index (χ2n) is 2.20. The van der Waals surface area contributed by atoms with Crippen molar-refractivity contribution in [3.8, 4) is 0 Å². The topological polar surface area (TPSA) is 81.1 Å². The fourth-order valence-corrected chi connectivity index (χ4v) is 1.27. The van der Waals surface area contributed by atoms with Gasteiger partial charge in [-0.2, -0.15) is 0 Å². The zero-order valence-corrected chi connectivity index (χ0v) is 7.38. The van der Waals surface area contributed by atoms with Crippen molar-refractivity contribution in [2.75, 3.05) is 5.73 Å². The van der Waals surface area contributed by atoms with Gasteiger partial charge < -0.3 is 15.4 Å². The fourth-order valence-electron chi connectivity index (χ4n) is 0.922. The number of carbonyl (C=O) groups is 1. The van der Waals surface area contributed by atoms with Gasteiger partial charge in [0.1, 0.15) is 5.82 Å². The molecule has 0 atom stereocenters. The second-order valence-corrected chi connectivity index (χ2v) is 2.60. The van der Waals surface area contributed by atoms with Crippen molar-refractivity contribution in [2.24, 2.45) is 0 Å². The van der Waals surface area contributed by atoms with Gasteiger partial charge in [-0.15, -0.1) is 12.6 Å². The van der Waals surface area contributed by atoms with E-state index in [0.29, 0.717) is 11.7 Å². The Balaban J connectivity index is 3.26. The van der Waals surface area contributed by atoms with Crippen LogP contribution in [0.2, 0.25) is 0 Å². The first-order valence-electron chi connectivity index (χ1n) is 3.36. The molecule has 12 heavy (non-hydrogen) atoms. The molecule has 3 N–H and O–H groups in total. The number of imidazole rings is 1. The van der Waals surface area contributed by atoms with Crippen LogP contribution >= 0.6 is 12.6 Å². The van der Waals surface area contributed by atoms with Crippen molar-refractivity contribution in [1.29, 1.82) is 0 Å². The molecule has 5 nitrogen and oxygen atoms in total. The Hall–Kier alpha value is -1.17. The molecule has 1 heterocycles. The van der Waals surface area contributed by atoms with Crippen LogP contribution < -0.4 is 5.73 Å². The zero-order chi connectivity index (χ0) is 9.30. The number of carboxylic acid groups (broad SMARTS) is 1. The molecule has 0 spiro atoms. The molecule has 0 saturated heterocycles. The highest BCUT2D eigenvalue weighted by Crippen LogP contribution is 2.16. The first-order valence-corrected chi connectivity index (χ1v) is 3.80. The lowest BCUT2D eigenvalue weighted by molar-refractivity contribution is 0.0692. The summed E-state index contributed by atoms with van der Waals surface area (Å²) in [6.07, 6.45) is 0. The van der Waals surface area contributed by atoms with Gasteiger partial charge in [0, 0.05) is 6.54 Å². The van der Waals surface area contributed by atoms with Gasteiger partial charge in [0.25, 0.3) is 0 Å². The number of carboxylic acids is 1. The number of hydrogen-bond acceptors (Lipinski definition) is 4. The minimum absolute atomic E-state index is 0.137. The average Bonchev–Trinajstić information content (AvgIpc) is 2.27. The van der Waals surface area contributed by atoms with Crippen LogP contribution in [0.1, 0.15) is 17.4 Å². The van der Waals surface area contributed by atoms with E-state index in [9.17, 15) is 4.79 Å². The lowest BCUT2D eigenvalue weighted by atomic mass is 10.4. The van der Waals surface area contributed by atoms with Gasteiger partial charge in [0.15, 0.2) is 10.9 Å². The Kier molecular flexibility index (Phi) is 2.27. The number of nitrogens with zero attached hydrogens (tertiary/aromatic N) is 2. The summed E-state index contributed by atoms with van der Waals surface area (Å²) in [4.78, 5) is 14.2. The summed E-state index contributed by atoms with van der Waals surface area (Å²) in [7, 11) is 0. The SMILES string of the molecule is CCn1c(S)nc(C(=O)O)c1N. The number of aromatic carboxylic acids is 1. The van der Waals surface area contributed by atoms with Crippen LogP contribution in [0.5, 0.6) is 0 Å². The Labute approximate surface area is 74.6 Å². The highest BCUT2D eigenvalue weighted by atomic mass is 32.1. The maximum Gasteiger partial charge on any atom is 0.358 e. The summed E-state index contributed by atoms with van der Waals surface area (Å²) in [5.74, 6) is -0.981. The van der Waals surface area contributed by atoms with Crippen molar-refractivity contribution >= 4 is 24.4 Å². The molecular weight excluding hydrogens is 178 g/mol. The summed E-state index contributed by atoms with van der Waals surface area (Å²) in [5.41, 5.74) is 5.35. The van der Waals surface area contributed by atoms with Crippen LogP contribution in [0.4, 0.5) is 5.82 Å². The molecule has 0 aliphatic carbocycles. The molecule has 0 radical (unpaired) electrons. The molecule has 0 amide bonds. The molecule has 6 heteroatoms. The number of rotatable bonds is 2. The van der Waals surface area contributed by atoms with Crippen LogP contribution in [0.15, 0.2) is 5.16 Å². The van der Waals surface area contributed by atoms with E-state index in [0.717, 1.165) is 0 Å². The molecule has 0 aliphatic rings. The molecule has 0 unspecified atom stereocenters. The molecule has 0 saturated carbocycles. The van der Waals surface area contributed by atoms with Gasteiger partial charge in [-0.25, -0.2) is 9.78 Å². The minimum Gasteiger partial charge on any atom is -0.476 e. The lowest BCUT2D eigenvalue weighted by Crippen LogP contribution is -2.05. The molecule has 1 aromatic rings. The third kappa shape index (κ3) is 1.25. The summed E-state index contributed by atoms with van der Waals surface area (Å²) in [6, 6.07) is 0. The van der Waals surface area contributed by atoms with Gasteiger partial charge in [-0.3, -0.25) is 0 Å². The maximum atomic E-state index is 10.5. The van der Waals surface area contributed by atoms with Gasteiger partial charge in [0.05, 0.1) is 0 Å². The van der Waals surface area contributed by atoms with E-state index in [-0.39, 0.29) is 11.5 Å². The summed E-state index contributed by atoms with van der Waals surface area (Å²) >= 11 is 3.97. The molecular formula is C6H9N3O2S. The Morgan fingerprint density at radius 3 is 2.67 bits per heavy atom. The fraction of sp³-hybridized carbons (Fsp3) is 0.333. The van der Waals surface area contributed by atoms with Gasteiger partial charge >= 0.3 is 5.97 Å². The monoisotopic (exact) mass is 187 g/mol. The first kappa shape index (κ1) is 8.92. The van der Waals surface area contributed by atoms with E-state index in [4.69, 9.17) is 10.8 Å². The van der Waals surface area contributed by atoms with Crippen molar-refractivity contribution in [1.82, 2.24) is 9.55 Å². The number of thiol groups is 1. The third-order valence-electron chi connectivity index (χ3n) is 1.51. The summed E-state index contributed by atoms with van der Waals surface area (Å²) < 4.78 is 1.52. The number of nitrogen functional groups attached to an aromatic ring is 1. The normalized spacial score (nSPS) is 10.2. The Morgan fingerprint density at radius 2 is 2.42 bits per heavy atom. The number of hydrogen-bond donors (Lipinski definition) is 3. The van der Waals surface area contributed by atoms with Crippen LogP contribution in [0, 0.1) is 0 Å². The number of anilines is 1. The van der Waals surface area contributed by atoms with E-state index in [1.54, 1.807) is 0 Å². The van der Waals surface area contributed by atoms with Gasteiger partial charge in [-0.1, -0.05) is 0 Å². The molecule has 1 aromatic heterocycles. The minimum atomic E-state index is -1.13. The number of aromatic nitrogens is 2. The molecule has 0 aliphatic heterocycles. The van der Waals surface area contributed by atoms with Crippen molar-refractivity contribution in [3.63, 3.8) is 0 Å². The Morgan fingerprint density at radius 1 is 1.83 bits per heavy atom. The largest absolute Gasteiger partial charge is 0.476 e. The zero-order valence-electron chi connectivity index (χ0n) is 6.48. The van der Waals surface area contributed by atoms with E-state index in [2.05, 4.69) is 17.6 Å². The number of nitrogens with two attached hydrogens (primary N) is 1.